The van der Waals surface area contributed by atoms with Gasteiger partial charge in [-0.2, -0.15) is 0 Å². The van der Waals surface area contributed by atoms with Gasteiger partial charge in [0.1, 0.15) is 0 Å². The summed E-state index contributed by atoms with van der Waals surface area (Å²) < 4.78 is 0. The van der Waals surface area contributed by atoms with Crippen LogP contribution in [0.25, 0.3) is 0 Å². The van der Waals surface area contributed by atoms with Crippen LogP contribution in [-0.2, 0) is 17.6 Å². The Morgan fingerprint density at radius 2 is 2.27 bits per heavy atom. The molecule has 2 rings (SSSR count). The molecular formula is C12H15NO2. The smallest absolute Gasteiger partial charge is 0.228 e. The number of hydrogen-bond acceptors (Lipinski definition) is 2. The molecule has 80 valence electrons. The van der Waals surface area contributed by atoms with Crippen molar-refractivity contribution < 1.29 is 9.90 Å². The number of benzene rings is 1. The Bertz CT molecular complexity index is 410. The van der Waals surface area contributed by atoms with Gasteiger partial charge in [-0.25, -0.2) is 0 Å². The molecule has 1 aliphatic heterocycles. The van der Waals surface area contributed by atoms with Crippen molar-refractivity contribution in [2.24, 2.45) is 0 Å². The lowest BCUT2D eigenvalue weighted by Gasteiger charge is -2.11. The largest absolute Gasteiger partial charge is 0.389 e. The van der Waals surface area contributed by atoms with Gasteiger partial charge in [0, 0.05) is 5.69 Å². The highest BCUT2D eigenvalue weighted by Gasteiger charge is 2.21. The molecule has 3 heteroatoms. The maximum absolute atomic E-state index is 11.3. The molecule has 1 aliphatic rings. The predicted octanol–water partition coefficient (Wildman–Crippen LogP) is 1.80. The second-order valence-corrected chi connectivity index (χ2v) is 3.97. The van der Waals surface area contributed by atoms with Crippen molar-refractivity contribution in [2.75, 3.05) is 5.32 Å². The minimum atomic E-state index is -0.476. The number of hydrogen-bond donors (Lipinski definition) is 2. The summed E-state index contributed by atoms with van der Waals surface area (Å²) in [7, 11) is 0. The van der Waals surface area contributed by atoms with Crippen LogP contribution in [0.5, 0.6) is 0 Å². The lowest BCUT2D eigenvalue weighted by Crippen LogP contribution is -2.04. The van der Waals surface area contributed by atoms with E-state index in [1.165, 1.54) is 0 Å². The molecule has 0 radical (unpaired) electrons. The first-order valence-electron chi connectivity index (χ1n) is 5.25. The first kappa shape index (κ1) is 10.2. The molecule has 0 saturated heterocycles. The zero-order valence-corrected chi connectivity index (χ0v) is 9.00. The molecule has 1 heterocycles. The number of anilines is 1. The Morgan fingerprint density at radius 1 is 1.53 bits per heavy atom. The molecule has 1 aromatic rings. The van der Waals surface area contributed by atoms with E-state index in [9.17, 15) is 9.90 Å². The summed E-state index contributed by atoms with van der Waals surface area (Å²) in [5, 5.41) is 12.4. The van der Waals surface area contributed by atoms with Gasteiger partial charge in [-0.05, 0) is 30.0 Å². The third-order valence-electron chi connectivity index (χ3n) is 2.80. The van der Waals surface area contributed by atoms with Gasteiger partial charge in [0.2, 0.25) is 5.91 Å². The topological polar surface area (TPSA) is 49.3 Å². The standard InChI is InChI=1S/C12H15NO2/c1-3-8-4-9(7(2)14)5-10-6-11(15)13-12(8)10/h4-5,7,14H,3,6H2,1-2H3,(H,13,15). The molecule has 0 aromatic heterocycles. The summed E-state index contributed by atoms with van der Waals surface area (Å²) >= 11 is 0. The van der Waals surface area contributed by atoms with Gasteiger partial charge in [0.15, 0.2) is 0 Å². The van der Waals surface area contributed by atoms with E-state index in [2.05, 4.69) is 5.32 Å². The van der Waals surface area contributed by atoms with Gasteiger partial charge in [0.25, 0.3) is 0 Å². The molecule has 0 aliphatic carbocycles. The number of aliphatic hydroxyl groups is 1. The van der Waals surface area contributed by atoms with Crippen molar-refractivity contribution >= 4 is 11.6 Å². The number of carbonyl (C=O) groups is 1. The first-order valence-corrected chi connectivity index (χ1v) is 5.25. The fourth-order valence-corrected chi connectivity index (χ4v) is 1.97. The average Bonchev–Trinajstić information content (AvgIpc) is 2.56. The van der Waals surface area contributed by atoms with Gasteiger partial charge in [-0.3, -0.25) is 4.79 Å². The van der Waals surface area contributed by atoms with Crippen LogP contribution in [0.15, 0.2) is 12.1 Å². The summed E-state index contributed by atoms with van der Waals surface area (Å²) in [6.07, 6.45) is 0.822. The molecule has 0 saturated carbocycles. The van der Waals surface area contributed by atoms with E-state index >= 15 is 0 Å². The fraction of sp³-hybridized carbons (Fsp3) is 0.417. The van der Waals surface area contributed by atoms with E-state index in [-0.39, 0.29) is 5.91 Å². The normalized spacial score (nSPS) is 16.1. The highest BCUT2D eigenvalue weighted by molar-refractivity contribution is 6.00. The van der Waals surface area contributed by atoms with E-state index in [4.69, 9.17) is 0 Å². The minimum Gasteiger partial charge on any atom is -0.389 e. The van der Waals surface area contributed by atoms with Gasteiger partial charge in [-0.1, -0.05) is 19.1 Å². The van der Waals surface area contributed by atoms with E-state index in [0.29, 0.717) is 6.42 Å². The highest BCUT2D eigenvalue weighted by atomic mass is 16.3. The van der Waals surface area contributed by atoms with Gasteiger partial charge in [-0.15, -0.1) is 0 Å². The lowest BCUT2D eigenvalue weighted by molar-refractivity contribution is -0.115. The van der Waals surface area contributed by atoms with Gasteiger partial charge < -0.3 is 10.4 Å². The van der Waals surface area contributed by atoms with E-state index in [0.717, 1.165) is 28.8 Å². The molecule has 0 bridgehead atoms. The monoisotopic (exact) mass is 205 g/mol. The van der Waals surface area contributed by atoms with Crippen LogP contribution in [0.1, 0.15) is 36.6 Å². The van der Waals surface area contributed by atoms with Crippen molar-refractivity contribution in [2.45, 2.75) is 32.8 Å². The number of rotatable bonds is 2. The molecule has 1 unspecified atom stereocenters. The maximum Gasteiger partial charge on any atom is 0.228 e. The molecular weight excluding hydrogens is 190 g/mol. The number of aliphatic hydroxyl groups excluding tert-OH is 1. The number of nitrogens with one attached hydrogen (secondary N) is 1. The Kier molecular flexibility index (Phi) is 2.49. The third kappa shape index (κ3) is 1.75. The number of fused-ring (bicyclic) bond motifs is 1. The summed E-state index contributed by atoms with van der Waals surface area (Å²) in [6.45, 7) is 3.79. The van der Waals surface area contributed by atoms with Crippen LogP contribution in [0, 0.1) is 0 Å². The lowest BCUT2D eigenvalue weighted by atomic mass is 9.99. The van der Waals surface area contributed by atoms with E-state index in [1.54, 1.807) is 6.92 Å². The van der Waals surface area contributed by atoms with E-state index in [1.807, 2.05) is 19.1 Å². The second-order valence-electron chi connectivity index (χ2n) is 3.97. The van der Waals surface area contributed by atoms with Gasteiger partial charge in [0.05, 0.1) is 12.5 Å². The Balaban J connectivity index is 2.52. The molecule has 0 fully saturated rings. The highest BCUT2D eigenvalue weighted by Crippen LogP contribution is 2.31. The SMILES string of the molecule is CCc1cc(C(C)O)cc2c1NC(=O)C2. The Hall–Kier alpha value is -1.35. The van der Waals surface area contributed by atoms with Crippen LogP contribution in [0.2, 0.25) is 0 Å². The van der Waals surface area contributed by atoms with Gasteiger partial charge >= 0.3 is 0 Å². The number of carbonyl (C=O) groups excluding carboxylic acids is 1. The summed E-state index contributed by atoms with van der Waals surface area (Å²) in [6, 6.07) is 3.88. The summed E-state index contributed by atoms with van der Waals surface area (Å²) in [5.41, 5.74) is 3.96. The molecule has 1 atom stereocenters. The van der Waals surface area contributed by atoms with Crippen LogP contribution >= 0.6 is 0 Å². The van der Waals surface area contributed by atoms with E-state index < -0.39 is 6.10 Å². The van der Waals surface area contributed by atoms with Crippen molar-refractivity contribution in [3.63, 3.8) is 0 Å². The molecule has 1 aromatic carbocycles. The molecule has 1 amide bonds. The van der Waals surface area contributed by atoms with Crippen molar-refractivity contribution in [1.29, 1.82) is 0 Å². The molecule has 3 nitrogen and oxygen atoms in total. The van der Waals surface area contributed by atoms with Crippen LogP contribution < -0.4 is 5.32 Å². The maximum atomic E-state index is 11.3. The Labute approximate surface area is 89.1 Å². The second kappa shape index (κ2) is 3.66. The first-order chi connectivity index (χ1) is 7.11. The zero-order valence-electron chi connectivity index (χ0n) is 9.00. The molecule has 0 spiro atoms. The summed E-state index contributed by atoms with van der Waals surface area (Å²) in [5.74, 6) is 0.0439. The minimum absolute atomic E-state index is 0.0439. The zero-order chi connectivity index (χ0) is 11.0. The van der Waals surface area contributed by atoms with Crippen molar-refractivity contribution in [3.8, 4) is 0 Å². The summed E-state index contributed by atoms with van der Waals surface area (Å²) in [4.78, 5) is 11.3. The Morgan fingerprint density at radius 3 is 2.87 bits per heavy atom. The molecule has 2 N–H and O–H groups in total. The average molecular weight is 205 g/mol. The number of amides is 1. The number of aryl methyl sites for hydroxylation is 1. The van der Waals surface area contributed by atoms with Crippen molar-refractivity contribution in [3.05, 3.63) is 28.8 Å². The quantitative estimate of drug-likeness (QED) is 0.773. The molecule has 15 heavy (non-hydrogen) atoms. The fourth-order valence-electron chi connectivity index (χ4n) is 1.97. The van der Waals surface area contributed by atoms with Crippen LogP contribution in [0.3, 0.4) is 0 Å². The van der Waals surface area contributed by atoms with Crippen molar-refractivity contribution in [1.82, 2.24) is 0 Å². The van der Waals surface area contributed by atoms with Crippen LogP contribution in [0.4, 0.5) is 5.69 Å². The predicted molar refractivity (Wildman–Crippen MR) is 58.8 cm³/mol. The third-order valence-corrected chi connectivity index (χ3v) is 2.80. The van der Waals surface area contributed by atoms with Crippen LogP contribution in [-0.4, -0.2) is 11.0 Å².